The molecule has 0 amide bonds. The molecule has 0 saturated heterocycles. The summed E-state index contributed by atoms with van der Waals surface area (Å²) < 4.78 is 0. The van der Waals surface area contributed by atoms with Crippen molar-refractivity contribution in [1.29, 1.82) is 0 Å². The van der Waals surface area contributed by atoms with Gasteiger partial charge in [-0.3, -0.25) is 0 Å². The summed E-state index contributed by atoms with van der Waals surface area (Å²) in [6.07, 6.45) is 1.06. The highest BCUT2D eigenvalue weighted by Crippen LogP contribution is 2.18. The van der Waals surface area contributed by atoms with E-state index in [9.17, 15) is 0 Å². The van der Waals surface area contributed by atoms with Crippen LogP contribution in [0.3, 0.4) is 0 Å². The standard InChI is InChI=1S/C13H16ClN3S/c1-17(11-6-3-2-4-7-11)9-5-8-15-13-16-12(14)10-18-13/h2-4,6-7,10H,5,8-9H2,1H3,(H,15,16). The Morgan fingerprint density at radius 2 is 2.11 bits per heavy atom. The molecule has 1 heterocycles. The Morgan fingerprint density at radius 1 is 1.33 bits per heavy atom. The molecule has 0 unspecified atom stereocenters. The third kappa shape index (κ3) is 3.89. The first-order valence-electron chi connectivity index (χ1n) is 5.87. The Kier molecular flexibility index (Phi) is 4.84. The fourth-order valence-corrected chi connectivity index (χ4v) is 2.52. The summed E-state index contributed by atoms with van der Waals surface area (Å²) in [6, 6.07) is 10.4. The molecule has 0 bridgehead atoms. The van der Waals surface area contributed by atoms with Crippen LogP contribution in [0.2, 0.25) is 5.15 Å². The van der Waals surface area contributed by atoms with Gasteiger partial charge in [0.15, 0.2) is 5.13 Å². The quantitative estimate of drug-likeness (QED) is 0.818. The van der Waals surface area contributed by atoms with Crippen LogP contribution in [0.4, 0.5) is 10.8 Å². The van der Waals surface area contributed by atoms with E-state index >= 15 is 0 Å². The van der Waals surface area contributed by atoms with Crippen molar-refractivity contribution < 1.29 is 0 Å². The lowest BCUT2D eigenvalue weighted by Gasteiger charge is -2.19. The van der Waals surface area contributed by atoms with Crippen LogP contribution in [0.5, 0.6) is 0 Å². The molecule has 0 saturated carbocycles. The SMILES string of the molecule is CN(CCCNc1nc(Cl)cs1)c1ccccc1. The third-order valence-corrected chi connectivity index (χ3v) is 3.74. The molecule has 2 rings (SSSR count). The van der Waals surface area contributed by atoms with E-state index in [-0.39, 0.29) is 0 Å². The van der Waals surface area contributed by atoms with E-state index in [0.29, 0.717) is 5.15 Å². The van der Waals surface area contributed by atoms with E-state index in [0.717, 1.165) is 24.6 Å². The topological polar surface area (TPSA) is 28.2 Å². The Bertz CT molecular complexity index is 472. The predicted octanol–water partition coefficient (Wildman–Crippen LogP) is 3.73. The van der Waals surface area contributed by atoms with Crippen LogP contribution in [0.25, 0.3) is 0 Å². The minimum absolute atomic E-state index is 0.559. The maximum Gasteiger partial charge on any atom is 0.184 e. The molecule has 0 radical (unpaired) electrons. The zero-order valence-corrected chi connectivity index (χ0v) is 11.8. The summed E-state index contributed by atoms with van der Waals surface area (Å²) in [4.78, 5) is 6.39. The Labute approximate surface area is 116 Å². The largest absolute Gasteiger partial charge is 0.375 e. The molecule has 0 fully saturated rings. The van der Waals surface area contributed by atoms with Crippen molar-refractivity contribution >= 4 is 33.8 Å². The lowest BCUT2D eigenvalue weighted by Crippen LogP contribution is -2.20. The van der Waals surface area contributed by atoms with Crippen molar-refractivity contribution in [2.45, 2.75) is 6.42 Å². The van der Waals surface area contributed by atoms with Gasteiger partial charge in [-0.15, -0.1) is 11.3 Å². The van der Waals surface area contributed by atoms with E-state index in [1.807, 2.05) is 11.4 Å². The van der Waals surface area contributed by atoms with Crippen LogP contribution in [0.15, 0.2) is 35.7 Å². The van der Waals surface area contributed by atoms with E-state index < -0.39 is 0 Å². The van der Waals surface area contributed by atoms with Gasteiger partial charge in [0.05, 0.1) is 0 Å². The van der Waals surface area contributed by atoms with Crippen LogP contribution in [0.1, 0.15) is 6.42 Å². The molecule has 96 valence electrons. The van der Waals surface area contributed by atoms with Crippen LogP contribution in [-0.2, 0) is 0 Å². The van der Waals surface area contributed by atoms with Crippen molar-refractivity contribution in [3.05, 3.63) is 40.9 Å². The second-order valence-electron chi connectivity index (χ2n) is 4.01. The first-order chi connectivity index (χ1) is 8.75. The number of anilines is 2. The molecular formula is C13H16ClN3S. The highest BCUT2D eigenvalue weighted by atomic mass is 35.5. The molecule has 1 aromatic carbocycles. The molecule has 1 aromatic heterocycles. The second kappa shape index (κ2) is 6.61. The molecule has 0 aliphatic carbocycles. The van der Waals surface area contributed by atoms with E-state index in [1.54, 1.807) is 0 Å². The fraction of sp³-hybridized carbons (Fsp3) is 0.308. The van der Waals surface area contributed by atoms with Gasteiger partial charge in [0.1, 0.15) is 5.15 Å². The minimum atomic E-state index is 0.559. The Hall–Kier alpha value is -1.26. The zero-order valence-electron chi connectivity index (χ0n) is 10.3. The van der Waals surface area contributed by atoms with E-state index in [1.165, 1.54) is 17.0 Å². The number of nitrogens with zero attached hydrogens (tertiary/aromatic N) is 2. The molecule has 0 atom stereocenters. The molecular weight excluding hydrogens is 266 g/mol. The lowest BCUT2D eigenvalue weighted by molar-refractivity contribution is 0.816. The predicted molar refractivity (Wildman–Crippen MR) is 79.9 cm³/mol. The zero-order chi connectivity index (χ0) is 12.8. The van der Waals surface area contributed by atoms with Crippen molar-refractivity contribution in [1.82, 2.24) is 4.98 Å². The van der Waals surface area contributed by atoms with Gasteiger partial charge in [-0.1, -0.05) is 29.8 Å². The van der Waals surface area contributed by atoms with Crippen LogP contribution >= 0.6 is 22.9 Å². The second-order valence-corrected chi connectivity index (χ2v) is 5.26. The minimum Gasteiger partial charge on any atom is -0.375 e. The number of thiazole rings is 1. The summed E-state index contributed by atoms with van der Waals surface area (Å²) in [5.41, 5.74) is 1.25. The van der Waals surface area contributed by atoms with Crippen molar-refractivity contribution in [3.63, 3.8) is 0 Å². The van der Waals surface area contributed by atoms with Crippen molar-refractivity contribution in [3.8, 4) is 0 Å². The van der Waals surface area contributed by atoms with Crippen LogP contribution in [-0.4, -0.2) is 25.1 Å². The van der Waals surface area contributed by atoms with Crippen molar-refractivity contribution in [2.75, 3.05) is 30.4 Å². The number of hydrogen-bond acceptors (Lipinski definition) is 4. The molecule has 3 nitrogen and oxygen atoms in total. The highest BCUT2D eigenvalue weighted by molar-refractivity contribution is 7.14. The van der Waals surface area contributed by atoms with Crippen LogP contribution in [0, 0.1) is 0 Å². The molecule has 1 N–H and O–H groups in total. The average molecular weight is 282 g/mol. The van der Waals surface area contributed by atoms with Gasteiger partial charge in [0, 0.05) is 31.2 Å². The van der Waals surface area contributed by atoms with E-state index in [4.69, 9.17) is 11.6 Å². The summed E-state index contributed by atoms with van der Waals surface area (Å²) in [5.74, 6) is 0. The lowest BCUT2D eigenvalue weighted by atomic mass is 10.3. The number of benzene rings is 1. The molecule has 0 spiro atoms. The first-order valence-corrected chi connectivity index (χ1v) is 7.12. The Balaban J connectivity index is 1.69. The Morgan fingerprint density at radius 3 is 2.78 bits per heavy atom. The highest BCUT2D eigenvalue weighted by Gasteiger charge is 2.01. The molecule has 18 heavy (non-hydrogen) atoms. The van der Waals surface area contributed by atoms with Gasteiger partial charge in [0.25, 0.3) is 0 Å². The molecule has 0 aliphatic heterocycles. The van der Waals surface area contributed by atoms with Gasteiger partial charge in [-0.25, -0.2) is 4.98 Å². The summed E-state index contributed by atoms with van der Waals surface area (Å²) >= 11 is 7.29. The molecule has 2 aromatic rings. The third-order valence-electron chi connectivity index (χ3n) is 2.62. The maximum absolute atomic E-state index is 5.75. The van der Waals surface area contributed by atoms with Gasteiger partial charge in [-0.05, 0) is 18.6 Å². The van der Waals surface area contributed by atoms with Crippen LogP contribution < -0.4 is 10.2 Å². The van der Waals surface area contributed by atoms with E-state index in [2.05, 4.69) is 46.5 Å². The smallest absolute Gasteiger partial charge is 0.184 e. The maximum atomic E-state index is 5.75. The number of halogens is 1. The van der Waals surface area contributed by atoms with Gasteiger partial charge in [-0.2, -0.15) is 0 Å². The first kappa shape index (κ1) is 13.2. The molecule has 5 heteroatoms. The molecule has 0 aliphatic rings. The summed E-state index contributed by atoms with van der Waals surface area (Å²) in [5, 5.41) is 6.55. The monoisotopic (exact) mass is 281 g/mol. The normalized spacial score (nSPS) is 10.3. The fourth-order valence-electron chi connectivity index (χ4n) is 1.66. The number of hydrogen-bond donors (Lipinski definition) is 1. The number of nitrogens with one attached hydrogen (secondary N) is 1. The van der Waals surface area contributed by atoms with Gasteiger partial charge < -0.3 is 10.2 Å². The average Bonchev–Trinajstić information content (AvgIpc) is 2.81. The summed E-state index contributed by atoms with van der Waals surface area (Å²) in [7, 11) is 2.11. The van der Waals surface area contributed by atoms with Crippen molar-refractivity contribution in [2.24, 2.45) is 0 Å². The summed E-state index contributed by atoms with van der Waals surface area (Å²) in [6.45, 7) is 1.91. The van der Waals surface area contributed by atoms with Gasteiger partial charge in [0.2, 0.25) is 0 Å². The number of rotatable bonds is 6. The number of aromatic nitrogens is 1. The van der Waals surface area contributed by atoms with Gasteiger partial charge >= 0.3 is 0 Å². The number of para-hydroxylation sites is 1.